The van der Waals surface area contributed by atoms with Crippen molar-refractivity contribution in [2.75, 3.05) is 0 Å². The molecule has 14 heavy (non-hydrogen) atoms. The van der Waals surface area contributed by atoms with Gasteiger partial charge in [0.25, 0.3) is 0 Å². The SMILES string of the molecule is Cc1cc2nc(Br)ccc2c(Cl)c1C. The normalized spacial score (nSPS) is 10.9. The third-order valence-electron chi connectivity index (χ3n) is 2.40. The standard InChI is InChI=1S/C11H9BrClN/c1-6-5-9-8(11(13)7(6)2)3-4-10(12)14-9/h3-5H,1-2H3. The molecule has 0 bridgehead atoms. The smallest absolute Gasteiger partial charge is 0.106 e. The van der Waals surface area contributed by atoms with Gasteiger partial charge in [-0.3, -0.25) is 0 Å². The van der Waals surface area contributed by atoms with Crippen molar-refractivity contribution in [3.05, 3.63) is 39.0 Å². The van der Waals surface area contributed by atoms with Gasteiger partial charge in [0.1, 0.15) is 4.60 Å². The van der Waals surface area contributed by atoms with Crippen LogP contribution in [-0.2, 0) is 0 Å². The van der Waals surface area contributed by atoms with Gasteiger partial charge in [0.15, 0.2) is 0 Å². The Labute approximate surface area is 96.2 Å². The number of aromatic nitrogens is 1. The molecule has 1 aromatic carbocycles. The van der Waals surface area contributed by atoms with Crippen LogP contribution in [0.25, 0.3) is 10.9 Å². The Hall–Kier alpha value is -0.600. The molecule has 0 unspecified atom stereocenters. The lowest BCUT2D eigenvalue weighted by molar-refractivity contribution is 1.31. The van der Waals surface area contributed by atoms with Crippen LogP contribution in [0, 0.1) is 13.8 Å². The summed E-state index contributed by atoms with van der Waals surface area (Å²) in [6.45, 7) is 4.07. The van der Waals surface area contributed by atoms with Crippen LogP contribution in [0.4, 0.5) is 0 Å². The third kappa shape index (κ3) is 1.53. The average Bonchev–Trinajstić information content (AvgIpc) is 2.14. The summed E-state index contributed by atoms with van der Waals surface area (Å²) in [5.41, 5.74) is 3.24. The van der Waals surface area contributed by atoms with Crippen LogP contribution in [0.3, 0.4) is 0 Å². The predicted molar refractivity (Wildman–Crippen MR) is 63.9 cm³/mol. The van der Waals surface area contributed by atoms with Crippen molar-refractivity contribution >= 4 is 38.4 Å². The van der Waals surface area contributed by atoms with Crippen LogP contribution in [0.1, 0.15) is 11.1 Å². The molecular weight excluding hydrogens is 261 g/mol. The molecular formula is C11H9BrClN. The van der Waals surface area contributed by atoms with Crippen molar-refractivity contribution in [2.24, 2.45) is 0 Å². The zero-order valence-corrected chi connectivity index (χ0v) is 10.3. The van der Waals surface area contributed by atoms with Crippen molar-refractivity contribution in [1.82, 2.24) is 4.98 Å². The van der Waals surface area contributed by atoms with E-state index in [9.17, 15) is 0 Å². The highest BCUT2D eigenvalue weighted by atomic mass is 79.9. The zero-order valence-electron chi connectivity index (χ0n) is 7.94. The maximum Gasteiger partial charge on any atom is 0.106 e. The highest BCUT2D eigenvalue weighted by molar-refractivity contribution is 9.10. The first-order chi connectivity index (χ1) is 6.59. The van der Waals surface area contributed by atoms with E-state index in [-0.39, 0.29) is 0 Å². The number of halogens is 2. The summed E-state index contributed by atoms with van der Waals surface area (Å²) in [5.74, 6) is 0. The fourth-order valence-corrected chi connectivity index (χ4v) is 2.07. The van der Waals surface area contributed by atoms with E-state index in [2.05, 4.69) is 27.0 Å². The maximum absolute atomic E-state index is 6.23. The van der Waals surface area contributed by atoms with Crippen LogP contribution >= 0.6 is 27.5 Å². The molecule has 0 spiro atoms. The summed E-state index contributed by atoms with van der Waals surface area (Å²) in [5, 5.41) is 1.82. The van der Waals surface area contributed by atoms with Crippen molar-refractivity contribution < 1.29 is 0 Å². The maximum atomic E-state index is 6.23. The van der Waals surface area contributed by atoms with E-state index in [1.54, 1.807) is 0 Å². The first kappa shape index (κ1) is 9.94. The van der Waals surface area contributed by atoms with Crippen molar-refractivity contribution in [3.63, 3.8) is 0 Å². The van der Waals surface area contributed by atoms with Crippen LogP contribution in [0.2, 0.25) is 5.02 Å². The van der Waals surface area contributed by atoms with E-state index < -0.39 is 0 Å². The molecule has 1 nitrogen and oxygen atoms in total. The van der Waals surface area contributed by atoms with Gasteiger partial charge < -0.3 is 0 Å². The second-order valence-corrected chi connectivity index (χ2v) is 4.52. The highest BCUT2D eigenvalue weighted by Gasteiger charge is 2.06. The molecule has 0 amide bonds. The Morgan fingerprint density at radius 2 is 2.00 bits per heavy atom. The lowest BCUT2D eigenvalue weighted by Gasteiger charge is -2.06. The molecule has 2 rings (SSSR count). The third-order valence-corrected chi connectivity index (χ3v) is 3.33. The van der Waals surface area contributed by atoms with E-state index >= 15 is 0 Å². The molecule has 2 aromatic rings. The first-order valence-corrected chi connectivity index (χ1v) is 5.48. The van der Waals surface area contributed by atoms with Crippen molar-refractivity contribution in [1.29, 1.82) is 0 Å². The molecule has 0 fully saturated rings. The van der Waals surface area contributed by atoms with Gasteiger partial charge in [0.05, 0.1) is 10.5 Å². The van der Waals surface area contributed by atoms with E-state index in [1.807, 2.05) is 26.0 Å². The Bertz CT molecular complexity index is 508. The number of hydrogen-bond acceptors (Lipinski definition) is 1. The summed E-state index contributed by atoms with van der Waals surface area (Å²) >= 11 is 9.57. The van der Waals surface area contributed by atoms with Gasteiger partial charge in [-0.05, 0) is 59.1 Å². The Morgan fingerprint density at radius 1 is 1.29 bits per heavy atom. The summed E-state index contributed by atoms with van der Waals surface area (Å²) < 4.78 is 0.837. The Morgan fingerprint density at radius 3 is 2.71 bits per heavy atom. The first-order valence-electron chi connectivity index (χ1n) is 4.31. The molecule has 72 valence electrons. The Kier molecular flexibility index (Phi) is 2.50. The lowest BCUT2D eigenvalue weighted by Crippen LogP contribution is -1.87. The van der Waals surface area contributed by atoms with Crippen LogP contribution in [0.15, 0.2) is 22.8 Å². The summed E-state index contributed by atoms with van der Waals surface area (Å²) in [4.78, 5) is 4.37. The van der Waals surface area contributed by atoms with Gasteiger partial charge >= 0.3 is 0 Å². The fourth-order valence-electron chi connectivity index (χ4n) is 1.43. The number of fused-ring (bicyclic) bond motifs is 1. The molecule has 0 atom stereocenters. The summed E-state index contributed by atoms with van der Waals surface area (Å²) in [6, 6.07) is 5.95. The topological polar surface area (TPSA) is 12.9 Å². The minimum Gasteiger partial charge on any atom is -0.241 e. The average molecular weight is 271 g/mol. The van der Waals surface area contributed by atoms with E-state index in [4.69, 9.17) is 11.6 Å². The number of aryl methyl sites for hydroxylation is 1. The summed E-state index contributed by atoms with van der Waals surface area (Å²) in [7, 11) is 0. The largest absolute Gasteiger partial charge is 0.241 e. The second-order valence-electron chi connectivity index (χ2n) is 3.33. The molecule has 0 aliphatic rings. The van der Waals surface area contributed by atoms with Gasteiger partial charge in [-0.1, -0.05) is 11.6 Å². The Balaban J connectivity index is 2.91. The molecule has 0 radical (unpaired) electrons. The van der Waals surface area contributed by atoms with Gasteiger partial charge in [-0.15, -0.1) is 0 Å². The van der Waals surface area contributed by atoms with Gasteiger partial charge in [0, 0.05) is 5.39 Å². The van der Waals surface area contributed by atoms with Crippen LogP contribution in [0.5, 0.6) is 0 Å². The summed E-state index contributed by atoms with van der Waals surface area (Å²) in [6.07, 6.45) is 0. The molecule has 0 saturated heterocycles. The van der Waals surface area contributed by atoms with Gasteiger partial charge in [-0.2, -0.15) is 0 Å². The quantitative estimate of drug-likeness (QED) is 0.652. The van der Waals surface area contributed by atoms with Crippen molar-refractivity contribution in [3.8, 4) is 0 Å². The number of benzene rings is 1. The van der Waals surface area contributed by atoms with E-state index in [0.717, 1.165) is 26.1 Å². The molecule has 3 heteroatoms. The van der Waals surface area contributed by atoms with Gasteiger partial charge in [0.2, 0.25) is 0 Å². The lowest BCUT2D eigenvalue weighted by atomic mass is 10.1. The molecule has 0 saturated carbocycles. The highest BCUT2D eigenvalue weighted by Crippen LogP contribution is 2.29. The molecule has 1 aromatic heterocycles. The minimum absolute atomic E-state index is 0.806. The van der Waals surface area contributed by atoms with E-state index in [0.29, 0.717) is 0 Å². The minimum atomic E-state index is 0.806. The van der Waals surface area contributed by atoms with E-state index in [1.165, 1.54) is 5.56 Å². The fraction of sp³-hybridized carbons (Fsp3) is 0.182. The molecule has 0 N–H and O–H groups in total. The molecule has 0 aliphatic carbocycles. The van der Waals surface area contributed by atoms with Crippen LogP contribution < -0.4 is 0 Å². The number of nitrogens with zero attached hydrogens (tertiary/aromatic N) is 1. The number of rotatable bonds is 0. The predicted octanol–water partition coefficient (Wildman–Crippen LogP) is 4.27. The zero-order chi connectivity index (χ0) is 10.3. The van der Waals surface area contributed by atoms with Crippen LogP contribution in [-0.4, -0.2) is 4.98 Å². The molecule has 0 aliphatic heterocycles. The number of pyridine rings is 1. The number of hydrogen-bond donors (Lipinski definition) is 0. The van der Waals surface area contributed by atoms with Crippen molar-refractivity contribution in [2.45, 2.75) is 13.8 Å². The monoisotopic (exact) mass is 269 g/mol. The van der Waals surface area contributed by atoms with Gasteiger partial charge in [-0.25, -0.2) is 4.98 Å². The second kappa shape index (κ2) is 3.52. The molecule has 1 heterocycles.